The van der Waals surface area contributed by atoms with Gasteiger partial charge >= 0.3 is 0 Å². The van der Waals surface area contributed by atoms with Crippen LogP contribution in [0.4, 0.5) is 5.69 Å². The zero-order chi connectivity index (χ0) is 15.4. The third kappa shape index (κ3) is 1.93. The number of allylic oxidation sites excluding steroid dienone is 2. The highest BCUT2D eigenvalue weighted by molar-refractivity contribution is 7.08. The highest BCUT2D eigenvalue weighted by atomic mass is 32.1. The molecule has 0 fully saturated rings. The second-order valence-corrected chi connectivity index (χ2v) is 6.86. The van der Waals surface area contributed by atoms with Crippen LogP contribution < -0.4 is 14.8 Å². The monoisotopic (exact) mass is 325 g/mol. The number of carbonyl (C=O) groups is 1. The van der Waals surface area contributed by atoms with Gasteiger partial charge in [0.05, 0.1) is 0 Å². The number of carbonyl (C=O) groups excluding carboxylic acids is 1. The molecule has 1 aliphatic carbocycles. The largest absolute Gasteiger partial charge is 0.454 e. The Kier molecular flexibility index (Phi) is 2.79. The number of anilines is 1. The quantitative estimate of drug-likeness (QED) is 0.859. The zero-order valence-corrected chi connectivity index (χ0v) is 13.2. The second-order valence-electron chi connectivity index (χ2n) is 6.08. The van der Waals surface area contributed by atoms with E-state index in [1.807, 2.05) is 12.1 Å². The molecule has 0 amide bonds. The number of ketones is 1. The molecule has 0 saturated heterocycles. The van der Waals surface area contributed by atoms with Gasteiger partial charge in [-0.1, -0.05) is 0 Å². The van der Waals surface area contributed by atoms with E-state index in [1.54, 1.807) is 11.3 Å². The normalized spacial score (nSPS) is 21.7. The Morgan fingerprint density at radius 2 is 2.04 bits per heavy atom. The van der Waals surface area contributed by atoms with E-state index in [-0.39, 0.29) is 18.5 Å². The van der Waals surface area contributed by atoms with Crippen LogP contribution in [0, 0.1) is 0 Å². The van der Waals surface area contributed by atoms with Gasteiger partial charge in [0.2, 0.25) is 6.79 Å². The lowest BCUT2D eigenvalue weighted by molar-refractivity contribution is -0.116. The maximum atomic E-state index is 12.6. The average Bonchev–Trinajstić information content (AvgIpc) is 3.22. The lowest BCUT2D eigenvalue weighted by Crippen LogP contribution is -2.26. The number of thiophene rings is 1. The summed E-state index contributed by atoms with van der Waals surface area (Å²) in [5.41, 5.74) is 5.31. The second kappa shape index (κ2) is 4.86. The summed E-state index contributed by atoms with van der Waals surface area (Å²) in [5.74, 6) is 1.79. The fourth-order valence-electron chi connectivity index (χ4n) is 3.74. The van der Waals surface area contributed by atoms with Crippen LogP contribution in [-0.4, -0.2) is 12.6 Å². The van der Waals surface area contributed by atoms with Crippen LogP contribution in [0.25, 0.3) is 0 Å². The molecule has 1 atom stereocenters. The first-order chi connectivity index (χ1) is 11.3. The van der Waals surface area contributed by atoms with Gasteiger partial charge in [0.15, 0.2) is 17.3 Å². The summed E-state index contributed by atoms with van der Waals surface area (Å²) in [4.78, 5) is 12.6. The fourth-order valence-corrected chi connectivity index (χ4v) is 4.42. The molecular weight excluding hydrogens is 310 g/mol. The van der Waals surface area contributed by atoms with Gasteiger partial charge in [0.1, 0.15) is 0 Å². The lowest BCUT2D eigenvalue weighted by atomic mass is 9.76. The highest BCUT2D eigenvalue weighted by Crippen LogP contribution is 2.49. The molecule has 23 heavy (non-hydrogen) atoms. The fraction of sp³-hybridized carbons (Fsp3) is 0.278. The van der Waals surface area contributed by atoms with Crippen molar-refractivity contribution in [1.29, 1.82) is 0 Å². The van der Waals surface area contributed by atoms with Crippen LogP contribution >= 0.6 is 11.3 Å². The predicted molar refractivity (Wildman–Crippen MR) is 88.2 cm³/mol. The standard InChI is InChI=1S/C18H15NO3S/c20-14-3-1-2-12-18(14)17(10-4-5-23-8-10)11-6-15-16(22-9-21-15)7-13(11)19-12/h4-8,17,19H,1-3,9H2. The summed E-state index contributed by atoms with van der Waals surface area (Å²) >= 11 is 1.66. The Morgan fingerprint density at radius 1 is 1.17 bits per heavy atom. The molecule has 4 nitrogen and oxygen atoms in total. The van der Waals surface area contributed by atoms with Crippen LogP contribution in [0.3, 0.4) is 0 Å². The molecular formula is C18H15NO3S. The number of ether oxygens (including phenoxy) is 2. The minimum Gasteiger partial charge on any atom is -0.454 e. The number of fused-ring (bicyclic) bond motifs is 2. The zero-order valence-electron chi connectivity index (χ0n) is 12.4. The van der Waals surface area contributed by atoms with E-state index >= 15 is 0 Å². The molecule has 0 spiro atoms. The topological polar surface area (TPSA) is 47.6 Å². The first-order valence-corrected chi connectivity index (χ1v) is 8.74. The van der Waals surface area contributed by atoms with Gasteiger partial charge in [0, 0.05) is 35.4 Å². The summed E-state index contributed by atoms with van der Waals surface area (Å²) in [5, 5.41) is 7.68. The maximum Gasteiger partial charge on any atom is 0.231 e. The Labute approximate surface area is 137 Å². The minimum absolute atomic E-state index is 0.00481. The smallest absolute Gasteiger partial charge is 0.231 e. The van der Waals surface area contributed by atoms with Gasteiger partial charge < -0.3 is 14.8 Å². The number of nitrogens with one attached hydrogen (secondary N) is 1. The van der Waals surface area contributed by atoms with Crippen LogP contribution in [-0.2, 0) is 4.79 Å². The average molecular weight is 325 g/mol. The van der Waals surface area contributed by atoms with Crippen molar-refractivity contribution in [3.8, 4) is 11.5 Å². The van der Waals surface area contributed by atoms with Crippen LogP contribution in [0.1, 0.15) is 36.3 Å². The van der Waals surface area contributed by atoms with Crippen molar-refractivity contribution in [1.82, 2.24) is 0 Å². The minimum atomic E-state index is -0.00481. The van der Waals surface area contributed by atoms with Crippen molar-refractivity contribution in [3.63, 3.8) is 0 Å². The van der Waals surface area contributed by atoms with Crippen molar-refractivity contribution in [2.24, 2.45) is 0 Å². The van der Waals surface area contributed by atoms with Crippen LogP contribution in [0.15, 0.2) is 40.2 Å². The van der Waals surface area contributed by atoms with Gasteiger partial charge in [-0.15, -0.1) is 0 Å². The Hall–Kier alpha value is -2.27. The van der Waals surface area contributed by atoms with Gasteiger partial charge in [-0.25, -0.2) is 0 Å². The van der Waals surface area contributed by atoms with E-state index in [1.165, 1.54) is 5.56 Å². The molecule has 116 valence electrons. The Morgan fingerprint density at radius 3 is 2.87 bits per heavy atom. The first kappa shape index (κ1) is 13.2. The van der Waals surface area contributed by atoms with Crippen molar-refractivity contribution in [2.45, 2.75) is 25.2 Å². The van der Waals surface area contributed by atoms with E-state index < -0.39 is 0 Å². The van der Waals surface area contributed by atoms with Crippen LogP contribution in [0.5, 0.6) is 11.5 Å². The number of Topliss-reactive ketones (excluding diaryl/α,β-unsaturated/α-hetero) is 1. The molecule has 3 aliphatic rings. The molecule has 3 heterocycles. The molecule has 5 rings (SSSR count). The summed E-state index contributed by atoms with van der Waals surface area (Å²) in [6.07, 6.45) is 2.48. The van der Waals surface area contributed by atoms with E-state index in [0.29, 0.717) is 6.42 Å². The maximum absolute atomic E-state index is 12.6. The third-order valence-corrected chi connectivity index (χ3v) is 5.46. The van der Waals surface area contributed by atoms with Gasteiger partial charge in [-0.05, 0) is 46.9 Å². The highest BCUT2D eigenvalue weighted by Gasteiger charge is 2.36. The first-order valence-electron chi connectivity index (χ1n) is 7.80. The van der Waals surface area contributed by atoms with Crippen molar-refractivity contribution >= 4 is 22.8 Å². The number of benzene rings is 1. The van der Waals surface area contributed by atoms with E-state index in [2.05, 4.69) is 22.1 Å². The molecule has 1 aromatic heterocycles. The van der Waals surface area contributed by atoms with E-state index in [9.17, 15) is 4.79 Å². The van der Waals surface area contributed by atoms with E-state index in [0.717, 1.165) is 46.9 Å². The number of hydrogen-bond acceptors (Lipinski definition) is 5. The molecule has 1 N–H and O–H groups in total. The molecule has 0 radical (unpaired) electrons. The Bertz CT molecular complexity index is 838. The molecule has 1 aromatic carbocycles. The van der Waals surface area contributed by atoms with Crippen molar-refractivity contribution in [3.05, 3.63) is 51.4 Å². The molecule has 1 unspecified atom stereocenters. The summed E-state index contributed by atoms with van der Waals surface area (Å²) in [6.45, 7) is 0.257. The number of rotatable bonds is 1. The van der Waals surface area contributed by atoms with Gasteiger partial charge in [-0.2, -0.15) is 11.3 Å². The lowest BCUT2D eigenvalue weighted by Gasteiger charge is -2.33. The summed E-state index contributed by atoms with van der Waals surface area (Å²) < 4.78 is 11.0. The molecule has 0 bridgehead atoms. The van der Waals surface area contributed by atoms with Crippen LogP contribution in [0.2, 0.25) is 0 Å². The molecule has 2 aromatic rings. The molecule has 2 aliphatic heterocycles. The van der Waals surface area contributed by atoms with Gasteiger partial charge in [0.25, 0.3) is 0 Å². The van der Waals surface area contributed by atoms with Gasteiger partial charge in [-0.3, -0.25) is 4.79 Å². The molecule has 0 saturated carbocycles. The molecule has 5 heteroatoms. The van der Waals surface area contributed by atoms with E-state index in [4.69, 9.17) is 9.47 Å². The summed E-state index contributed by atoms with van der Waals surface area (Å²) in [6, 6.07) is 6.14. The predicted octanol–water partition coefficient (Wildman–Crippen LogP) is 4.04. The van der Waals surface area contributed by atoms with Crippen molar-refractivity contribution in [2.75, 3.05) is 12.1 Å². The van der Waals surface area contributed by atoms with Crippen molar-refractivity contribution < 1.29 is 14.3 Å². The SMILES string of the molecule is O=C1CCCC2=C1C(c1ccsc1)c1cc3c(cc1N2)OCO3. The third-order valence-electron chi connectivity index (χ3n) is 4.76. The Balaban J connectivity index is 1.74. The summed E-state index contributed by atoms with van der Waals surface area (Å²) in [7, 11) is 0. The number of hydrogen-bond donors (Lipinski definition) is 1.